The summed E-state index contributed by atoms with van der Waals surface area (Å²) in [5, 5.41) is 2.63. The highest BCUT2D eigenvalue weighted by molar-refractivity contribution is 5.91. The van der Waals surface area contributed by atoms with Gasteiger partial charge in [0.05, 0.1) is 30.8 Å². The molecule has 0 aliphatic carbocycles. The first-order chi connectivity index (χ1) is 15.2. The molecule has 1 aromatic carbocycles. The largest absolute Gasteiger partial charge is 0.573 e. The van der Waals surface area contributed by atoms with Crippen molar-refractivity contribution in [1.82, 2.24) is 4.98 Å². The Labute approximate surface area is 183 Å². The van der Waals surface area contributed by atoms with E-state index in [0.29, 0.717) is 24.5 Å². The van der Waals surface area contributed by atoms with Crippen molar-refractivity contribution in [3.05, 3.63) is 48.2 Å². The summed E-state index contributed by atoms with van der Waals surface area (Å²) in [6.07, 6.45) is -1.67. The van der Waals surface area contributed by atoms with Gasteiger partial charge >= 0.3 is 12.3 Å². The van der Waals surface area contributed by atoms with Gasteiger partial charge in [0, 0.05) is 13.1 Å². The van der Waals surface area contributed by atoms with Gasteiger partial charge in [-0.15, -0.1) is 13.2 Å². The predicted molar refractivity (Wildman–Crippen MR) is 111 cm³/mol. The third kappa shape index (κ3) is 6.86. The zero-order valence-corrected chi connectivity index (χ0v) is 17.5. The van der Waals surface area contributed by atoms with Crippen LogP contribution in [0.5, 0.6) is 5.75 Å². The maximum Gasteiger partial charge on any atom is 0.573 e. The molecule has 10 heteroatoms. The zero-order valence-electron chi connectivity index (χ0n) is 17.5. The van der Waals surface area contributed by atoms with Gasteiger partial charge in [-0.25, -0.2) is 4.98 Å². The van der Waals surface area contributed by atoms with Crippen LogP contribution in [0, 0.1) is 5.92 Å². The van der Waals surface area contributed by atoms with Gasteiger partial charge in [0.25, 0.3) is 0 Å². The number of hydrogen-bond acceptors (Lipinski definition) is 6. The normalized spacial score (nSPS) is 16.4. The summed E-state index contributed by atoms with van der Waals surface area (Å²) in [7, 11) is 0. The summed E-state index contributed by atoms with van der Waals surface area (Å²) < 4.78 is 46.0. The van der Waals surface area contributed by atoms with Crippen LogP contribution in [0.1, 0.15) is 25.3 Å². The van der Waals surface area contributed by atoms with E-state index in [9.17, 15) is 22.8 Å². The summed E-state index contributed by atoms with van der Waals surface area (Å²) >= 11 is 0. The predicted octanol–water partition coefficient (Wildman–Crippen LogP) is 3.94. The molecular formula is C22H24F3N3O4. The average molecular weight is 451 g/mol. The SMILES string of the molecule is CCOC(=O)C1CCCN(c2ccc(NC(=O)Cc3cccc(OC(F)(F)F)c3)nc2)C1. The highest BCUT2D eigenvalue weighted by Crippen LogP contribution is 2.25. The first-order valence-electron chi connectivity index (χ1n) is 10.3. The number of amides is 1. The number of rotatable bonds is 7. The molecule has 0 spiro atoms. The second-order valence-corrected chi connectivity index (χ2v) is 7.36. The minimum atomic E-state index is -4.79. The number of carbonyl (C=O) groups excluding carboxylic acids is 2. The van der Waals surface area contributed by atoms with E-state index >= 15 is 0 Å². The van der Waals surface area contributed by atoms with Crippen LogP contribution in [0.2, 0.25) is 0 Å². The van der Waals surface area contributed by atoms with Crippen LogP contribution in [-0.4, -0.2) is 42.9 Å². The molecule has 2 aromatic rings. The topological polar surface area (TPSA) is 80.8 Å². The molecule has 1 aromatic heterocycles. The fourth-order valence-corrected chi connectivity index (χ4v) is 3.54. The molecule has 7 nitrogen and oxygen atoms in total. The van der Waals surface area contributed by atoms with Crippen molar-refractivity contribution in [2.24, 2.45) is 5.92 Å². The van der Waals surface area contributed by atoms with Gasteiger partial charge < -0.3 is 19.7 Å². The van der Waals surface area contributed by atoms with E-state index < -0.39 is 12.3 Å². The van der Waals surface area contributed by atoms with Gasteiger partial charge in [0.15, 0.2) is 0 Å². The lowest BCUT2D eigenvalue weighted by molar-refractivity contribution is -0.274. The van der Waals surface area contributed by atoms with E-state index in [-0.39, 0.29) is 24.1 Å². The van der Waals surface area contributed by atoms with Crippen molar-refractivity contribution < 1.29 is 32.2 Å². The first kappa shape index (κ1) is 23.4. The van der Waals surface area contributed by atoms with Gasteiger partial charge in [0.2, 0.25) is 5.91 Å². The van der Waals surface area contributed by atoms with Gasteiger partial charge in [-0.3, -0.25) is 9.59 Å². The van der Waals surface area contributed by atoms with Crippen molar-refractivity contribution in [3.8, 4) is 5.75 Å². The number of alkyl halides is 3. The summed E-state index contributed by atoms with van der Waals surface area (Å²) in [5.41, 5.74) is 1.20. The van der Waals surface area contributed by atoms with E-state index in [2.05, 4.69) is 19.9 Å². The number of piperidine rings is 1. The molecule has 32 heavy (non-hydrogen) atoms. The van der Waals surface area contributed by atoms with Gasteiger partial charge in [-0.05, 0) is 49.6 Å². The Morgan fingerprint density at radius 3 is 2.75 bits per heavy atom. The number of hydrogen-bond donors (Lipinski definition) is 1. The number of aromatic nitrogens is 1. The van der Waals surface area contributed by atoms with Crippen molar-refractivity contribution >= 4 is 23.4 Å². The van der Waals surface area contributed by atoms with Crippen LogP contribution in [0.25, 0.3) is 0 Å². The smallest absolute Gasteiger partial charge is 0.466 e. The standard InChI is InChI=1S/C22H24F3N3O4/c1-2-31-21(30)16-6-4-10-28(14-16)17-8-9-19(26-13-17)27-20(29)12-15-5-3-7-18(11-15)32-22(23,24)25/h3,5,7-9,11,13,16H,2,4,6,10,12,14H2,1H3,(H,26,27,29). The Bertz CT molecular complexity index is 935. The Hall–Kier alpha value is -3.30. The van der Waals surface area contributed by atoms with Crippen LogP contribution in [0.15, 0.2) is 42.6 Å². The molecule has 1 aliphatic rings. The molecule has 172 valence electrons. The molecule has 1 atom stereocenters. The molecule has 1 amide bonds. The lowest BCUT2D eigenvalue weighted by atomic mass is 9.98. The quantitative estimate of drug-likeness (QED) is 0.643. The first-order valence-corrected chi connectivity index (χ1v) is 10.3. The number of esters is 1. The number of benzene rings is 1. The van der Waals surface area contributed by atoms with E-state index in [1.54, 1.807) is 25.3 Å². The highest BCUT2D eigenvalue weighted by atomic mass is 19.4. The average Bonchev–Trinajstić information content (AvgIpc) is 2.73. The van der Waals surface area contributed by atoms with E-state index in [4.69, 9.17) is 4.74 Å². The number of nitrogens with zero attached hydrogens (tertiary/aromatic N) is 2. The van der Waals surface area contributed by atoms with Crippen LogP contribution >= 0.6 is 0 Å². The van der Waals surface area contributed by atoms with Gasteiger partial charge in [-0.1, -0.05) is 12.1 Å². The summed E-state index contributed by atoms with van der Waals surface area (Å²) in [6, 6.07) is 8.70. The van der Waals surface area contributed by atoms with Crippen molar-refractivity contribution in [3.63, 3.8) is 0 Å². The maximum absolute atomic E-state index is 12.3. The molecule has 1 fully saturated rings. The summed E-state index contributed by atoms with van der Waals surface area (Å²) in [5.74, 6) is -0.859. The number of ether oxygens (including phenoxy) is 2. The second kappa shape index (κ2) is 10.3. The second-order valence-electron chi connectivity index (χ2n) is 7.36. The number of carbonyl (C=O) groups is 2. The molecular weight excluding hydrogens is 427 g/mol. The minimum Gasteiger partial charge on any atom is -0.466 e. The Balaban J connectivity index is 1.56. The van der Waals surface area contributed by atoms with Crippen LogP contribution in [0.3, 0.4) is 0 Å². The zero-order chi connectivity index (χ0) is 23.1. The Morgan fingerprint density at radius 1 is 1.25 bits per heavy atom. The molecule has 1 aliphatic heterocycles. The Kier molecular flexibility index (Phi) is 7.55. The minimum absolute atomic E-state index is 0.133. The summed E-state index contributed by atoms with van der Waals surface area (Å²) in [4.78, 5) is 30.6. The number of nitrogens with one attached hydrogen (secondary N) is 1. The molecule has 3 rings (SSSR count). The van der Waals surface area contributed by atoms with Crippen molar-refractivity contribution in [2.75, 3.05) is 29.9 Å². The number of pyridine rings is 1. The van der Waals surface area contributed by atoms with E-state index in [0.717, 1.165) is 25.1 Å². The third-order valence-electron chi connectivity index (χ3n) is 4.92. The molecule has 1 unspecified atom stereocenters. The van der Waals surface area contributed by atoms with Gasteiger partial charge in [-0.2, -0.15) is 0 Å². The van der Waals surface area contributed by atoms with Crippen LogP contribution in [-0.2, 0) is 20.7 Å². The van der Waals surface area contributed by atoms with E-state index in [1.165, 1.54) is 24.3 Å². The fraction of sp³-hybridized carbons (Fsp3) is 0.409. The van der Waals surface area contributed by atoms with E-state index in [1.807, 2.05) is 0 Å². The molecule has 1 N–H and O–H groups in total. The fourth-order valence-electron chi connectivity index (χ4n) is 3.54. The van der Waals surface area contributed by atoms with Crippen molar-refractivity contribution in [1.29, 1.82) is 0 Å². The third-order valence-corrected chi connectivity index (χ3v) is 4.92. The van der Waals surface area contributed by atoms with Crippen LogP contribution < -0.4 is 15.0 Å². The number of anilines is 2. The molecule has 0 radical (unpaired) electrons. The van der Waals surface area contributed by atoms with Crippen LogP contribution in [0.4, 0.5) is 24.7 Å². The Morgan fingerprint density at radius 2 is 2.06 bits per heavy atom. The summed E-state index contributed by atoms with van der Waals surface area (Å²) in [6.45, 7) is 3.47. The maximum atomic E-state index is 12.3. The monoisotopic (exact) mass is 451 g/mol. The molecule has 1 saturated heterocycles. The highest BCUT2D eigenvalue weighted by Gasteiger charge is 2.31. The molecule has 0 saturated carbocycles. The lowest BCUT2D eigenvalue weighted by Gasteiger charge is -2.33. The van der Waals surface area contributed by atoms with Crippen molar-refractivity contribution in [2.45, 2.75) is 32.5 Å². The number of halogens is 3. The lowest BCUT2D eigenvalue weighted by Crippen LogP contribution is -2.39. The molecule has 0 bridgehead atoms. The van der Waals surface area contributed by atoms with Gasteiger partial charge in [0.1, 0.15) is 11.6 Å². The molecule has 2 heterocycles.